The van der Waals surface area contributed by atoms with E-state index >= 15 is 0 Å². The van der Waals surface area contributed by atoms with Crippen molar-refractivity contribution in [2.24, 2.45) is 0 Å². The molecular weight excluding hydrogens is 712 g/mol. The predicted octanol–water partition coefficient (Wildman–Crippen LogP) is 5.27. The summed E-state index contributed by atoms with van der Waals surface area (Å²) in [6.07, 6.45) is -4.52. The lowest BCUT2D eigenvalue weighted by Gasteiger charge is -2.32. The number of piperidine rings is 1. The molecule has 0 aliphatic carbocycles. The van der Waals surface area contributed by atoms with Gasteiger partial charge in [0.05, 0.1) is 27.1 Å². The van der Waals surface area contributed by atoms with Crippen LogP contribution in [0.25, 0.3) is 11.3 Å². The molecule has 13 nitrogen and oxygen atoms in total. The monoisotopic (exact) mass is 737 g/mol. The maximum Gasteiger partial charge on any atom is 0.416 e. The average Bonchev–Trinajstić information content (AvgIpc) is 3.51. The number of sulfone groups is 1. The van der Waals surface area contributed by atoms with Gasteiger partial charge in [0.2, 0.25) is 5.91 Å². The lowest BCUT2D eigenvalue weighted by Crippen LogP contribution is -2.39. The number of alkyl halides is 3. The van der Waals surface area contributed by atoms with E-state index in [9.17, 15) is 36.9 Å². The third-order valence-electron chi connectivity index (χ3n) is 7.71. The zero-order valence-electron chi connectivity index (χ0n) is 26.3. The largest absolute Gasteiger partial charge is 0.451 e. The molecule has 0 saturated carbocycles. The molecule has 1 amide bonds. The number of carbonyl (C=O) groups excluding carboxylic acids is 1. The second kappa shape index (κ2) is 14.7. The maximum absolute atomic E-state index is 13.2. The third kappa shape index (κ3) is 7.89. The number of amides is 1. The van der Waals surface area contributed by atoms with Gasteiger partial charge in [-0.15, -0.1) is 0 Å². The molecule has 1 saturated heterocycles. The summed E-state index contributed by atoms with van der Waals surface area (Å²) in [5.41, 5.74) is 0.198. The summed E-state index contributed by atoms with van der Waals surface area (Å²) in [6, 6.07) is 22.7. The number of thioether (sulfide) groups is 1. The van der Waals surface area contributed by atoms with Crippen LogP contribution in [-0.4, -0.2) is 54.4 Å². The number of ether oxygens (including phenoxy) is 1. The Morgan fingerprint density at radius 2 is 1.75 bits per heavy atom. The molecule has 0 spiro atoms. The number of halogens is 3. The van der Waals surface area contributed by atoms with Crippen molar-refractivity contribution < 1.29 is 40.7 Å². The highest BCUT2D eigenvalue weighted by atomic mass is 32.2. The van der Waals surface area contributed by atoms with Gasteiger partial charge in [0, 0.05) is 37.2 Å². The number of hydrogen-bond donors (Lipinski definition) is 1. The highest BCUT2D eigenvalue weighted by Crippen LogP contribution is 2.34. The minimum Gasteiger partial charge on any atom is -0.451 e. The summed E-state index contributed by atoms with van der Waals surface area (Å²) >= 11 is 0.946. The number of benzene rings is 3. The fourth-order valence-electron chi connectivity index (χ4n) is 5.30. The van der Waals surface area contributed by atoms with Crippen LogP contribution in [0.1, 0.15) is 24.0 Å². The molecular formula is C33H26F3N7O6S2. The van der Waals surface area contributed by atoms with Crippen molar-refractivity contribution in [3.63, 3.8) is 0 Å². The average molecular weight is 738 g/mol. The summed E-state index contributed by atoms with van der Waals surface area (Å²) in [4.78, 5) is 23.4. The van der Waals surface area contributed by atoms with E-state index in [1.54, 1.807) is 36.4 Å². The number of nitriles is 1. The van der Waals surface area contributed by atoms with E-state index < -0.39 is 44.5 Å². The number of nitrogens with one attached hydrogen (secondary N) is 1. The second-order valence-corrected chi connectivity index (χ2v) is 13.9. The van der Waals surface area contributed by atoms with Crippen molar-refractivity contribution in [3.05, 3.63) is 101 Å². The highest BCUT2D eigenvalue weighted by Gasteiger charge is 2.38. The quantitative estimate of drug-likeness (QED) is 0.112. The summed E-state index contributed by atoms with van der Waals surface area (Å²) in [5, 5.41) is 28.0. The number of rotatable bonds is 10. The van der Waals surface area contributed by atoms with E-state index in [0.717, 1.165) is 23.9 Å². The van der Waals surface area contributed by atoms with Gasteiger partial charge in [-0.05, 0) is 35.2 Å². The van der Waals surface area contributed by atoms with Crippen LogP contribution in [0.15, 0.2) is 105 Å². The smallest absolute Gasteiger partial charge is 0.416 e. The molecule has 262 valence electrons. The molecule has 1 aliphatic heterocycles. The van der Waals surface area contributed by atoms with Crippen LogP contribution in [-0.2, 0) is 20.8 Å². The van der Waals surface area contributed by atoms with Crippen molar-refractivity contribution >= 4 is 39.0 Å². The molecule has 0 unspecified atom stereocenters. The Hall–Kier alpha value is -5.67. The zero-order valence-corrected chi connectivity index (χ0v) is 27.9. The van der Waals surface area contributed by atoms with Crippen molar-refractivity contribution in [1.29, 1.82) is 5.26 Å². The molecule has 18 heteroatoms. The Morgan fingerprint density at radius 3 is 2.41 bits per heavy atom. The predicted molar refractivity (Wildman–Crippen MR) is 176 cm³/mol. The van der Waals surface area contributed by atoms with Gasteiger partial charge in [0.15, 0.2) is 11.0 Å². The number of nitrogens with zero attached hydrogens (tertiary/aromatic N) is 6. The molecule has 2 aromatic heterocycles. The van der Waals surface area contributed by atoms with E-state index in [0.29, 0.717) is 37.2 Å². The molecule has 3 aromatic carbocycles. The Morgan fingerprint density at radius 1 is 1.06 bits per heavy atom. The highest BCUT2D eigenvalue weighted by molar-refractivity contribution is 7.99. The fraction of sp³-hybridized carbons (Fsp3) is 0.212. The summed E-state index contributed by atoms with van der Waals surface area (Å²) in [5.74, 6) is -1.01. The van der Waals surface area contributed by atoms with E-state index in [1.165, 1.54) is 36.4 Å². The Kier molecular flexibility index (Phi) is 10.1. The van der Waals surface area contributed by atoms with Gasteiger partial charge in [-0.3, -0.25) is 9.42 Å². The van der Waals surface area contributed by atoms with Gasteiger partial charge < -0.3 is 20.2 Å². The molecule has 0 bridgehead atoms. The van der Waals surface area contributed by atoms with Gasteiger partial charge in [-0.25, -0.2) is 18.4 Å². The standard InChI is InChI=1S/C33H26F3N7O6S2/c34-33(35,36)22-10-7-11-23(18-22)38-27(44)20-50-32-39-28(21-8-3-1-4-9-21)26(19-37)29(40-32)42-16-14-24(15-17-42)48-30-31(43(45)49-41-30)51(46,47)25-12-5-2-6-13-25/h1-13,18,24H,14-17,20H2,(H,38,44). The topological polar surface area (TPSA) is 178 Å². The fourth-order valence-corrected chi connectivity index (χ4v) is 7.22. The number of carbonyl (C=O) groups is 1. The molecule has 1 fully saturated rings. The first-order chi connectivity index (χ1) is 24.4. The van der Waals surface area contributed by atoms with Crippen LogP contribution in [0.5, 0.6) is 5.88 Å². The molecule has 0 atom stereocenters. The van der Waals surface area contributed by atoms with Crippen LogP contribution in [0.2, 0.25) is 0 Å². The summed E-state index contributed by atoms with van der Waals surface area (Å²) in [6.45, 7) is 0.585. The van der Waals surface area contributed by atoms with Crippen molar-refractivity contribution in [1.82, 2.24) is 15.1 Å². The lowest BCUT2D eigenvalue weighted by molar-refractivity contribution is -0.832. The number of hydrogen-bond acceptors (Lipinski definition) is 12. The normalized spacial score (nSPS) is 13.8. The maximum atomic E-state index is 13.2. The zero-order chi connectivity index (χ0) is 36.2. The molecule has 1 aliphatic rings. The minimum atomic E-state index is -4.57. The van der Waals surface area contributed by atoms with Crippen LogP contribution in [0.3, 0.4) is 0 Å². The van der Waals surface area contributed by atoms with Crippen LogP contribution in [0, 0.1) is 16.5 Å². The molecule has 0 radical (unpaired) electrons. The first-order valence-corrected chi connectivity index (χ1v) is 17.7. The van der Waals surface area contributed by atoms with E-state index in [-0.39, 0.29) is 37.8 Å². The van der Waals surface area contributed by atoms with Crippen LogP contribution in [0.4, 0.5) is 24.7 Å². The Bertz CT molecular complexity index is 2190. The van der Waals surface area contributed by atoms with Crippen LogP contribution >= 0.6 is 11.8 Å². The van der Waals surface area contributed by atoms with Gasteiger partial charge in [0.1, 0.15) is 17.7 Å². The Labute approximate surface area is 293 Å². The van der Waals surface area contributed by atoms with Gasteiger partial charge in [0.25, 0.3) is 9.84 Å². The molecule has 3 heterocycles. The first kappa shape index (κ1) is 35.2. The third-order valence-corrected chi connectivity index (χ3v) is 10.3. The Balaban J connectivity index is 1.20. The first-order valence-electron chi connectivity index (χ1n) is 15.2. The van der Waals surface area contributed by atoms with E-state index in [1.807, 2.05) is 4.90 Å². The van der Waals surface area contributed by atoms with E-state index in [2.05, 4.69) is 31.1 Å². The molecule has 6 rings (SSSR count). The number of aromatic nitrogens is 4. The summed E-state index contributed by atoms with van der Waals surface area (Å²) < 4.78 is 76.2. The van der Waals surface area contributed by atoms with Crippen molar-refractivity contribution in [2.75, 3.05) is 29.1 Å². The van der Waals surface area contributed by atoms with Gasteiger partial charge >= 0.3 is 17.1 Å². The van der Waals surface area contributed by atoms with Crippen LogP contribution < -0.4 is 19.9 Å². The lowest BCUT2D eigenvalue weighted by atomic mass is 10.0. The van der Waals surface area contributed by atoms with Crippen molar-refractivity contribution in [2.45, 2.75) is 40.2 Å². The SMILES string of the molecule is N#Cc1c(-c2ccccc2)nc(SCC(=O)Nc2cccc(C(F)(F)F)c2)nc1N1CCC(Oc2no[n+]([O-])c2S(=O)(=O)c2ccccc2)CC1. The second-order valence-electron chi connectivity index (χ2n) is 11.1. The molecule has 5 aromatic rings. The van der Waals surface area contributed by atoms with Gasteiger partial charge in [-0.2, -0.15) is 18.4 Å². The summed E-state index contributed by atoms with van der Waals surface area (Å²) in [7, 11) is -4.31. The molecule has 51 heavy (non-hydrogen) atoms. The van der Waals surface area contributed by atoms with Gasteiger partial charge in [-0.1, -0.05) is 66.4 Å². The molecule has 1 N–H and O–H groups in total. The number of anilines is 2. The minimum absolute atomic E-state index is 0.0209. The van der Waals surface area contributed by atoms with Crippen molar-refractivity contribution in [3.8, 4) is 23.2 Å². The van der Waals surface area contributed by atoms with E-state index in [4.69, 9.17) is 4.74 Å².